The number of fused-ring (bicyclic) bond motifs is 2. The van der Waals surface area contributed by atoms with Crippen molar-refractivity contribution >= 4 is 50.8 Å². The number of anilines is 1. The first-order chi connectivity index (χ1) is 8.56. The van der Waals surface area contributed by atoms with Crippen LogP contribution in [-0.4, -0.2) is 0 Å². The van der Waals surface area contributed by atoms with Crippen molar-refractivity contribution in [2.75, 3.05) is 5.73 Å². The first-order valence-corrected chi connectivity index (χ1v) is 5.93. The summed E-state index contributed by atoms with van der Waals surface area (Å²) < 4.78 is 5.62. The predicted octanol–water partition coefficient (Wildman–Crippen LogP) is 3.84. The Morgan fingerprint density at radius 2 is 1.72 bits per heavy atom. The lowest BCUT2D eigenvalue weighted by molar-refractivity contribution is 0.660. The minimum Gasteiger partial charge on any atom is -0.456 e. The molecule has 3 nitrogen and oxygen atoms in total. The SMILES string of the molecule is Nc1cc(Cl)cc2oc3cc(Cl)ccc3c(=O)c12. The molecule has 5 heteroatoms. The molecule has 0 aliphatic rings. The van der Waals surface area contributed by atoms with Crippen molar-refractivity contribution in [3.8, 4) is 0 Å². The van der Waals surface area contributed by atoms with Crippen LogP contribution < -0.4 is 11.2 Å². The molecule has 18 heavy (non-hydrogen) atoms. The maximum absolute atomic E-state index is 12.3. The largest absolute Gasteiger partial charge is 0.456 e. The summed E-state index contributed by atoms with van der Waals surface area (Å²) in [6, 6.07) is 7.95. The van der Waals surface area contributed by atoms with Gasteiger partial charge in [0.25, 0.3) is 0 Å². The second kappa shape index (κ2) is 3.90. The second-order valence-electron chi connectivity index (χ2n) is 3.94. The molecule has 1 heterocycles. The molecule has 0 radical (unpaired) electrons. The first-order valence-electron chi connectivity index (χ1n) is 5.17. The quantitative estimate of drug-likeness (QED) is 0.503. The van der Waals surface area contributed by atoms with E-state index in [1.807, 2.05) is 0 Å². The highest BCUT2D eigenvalue weighted by atomic mass is 35.5. The van der Waals surface area contributed by atoms with Crippen LogP contribution in [0.4, 0.5) is 5.69 Å². The summed E-state index contributed by atoms with van der Waals surface area (Å²) in [5.74, 6) is 0. The van der Waals surface area contributed by atoms with Crippen LogP contribution in [0.25, 0.3) is 21.9 Å². The highest BCUT2D eigenvalue weighted by Crippen LogP contribution is 2.27. The van der Waals surface area contributed by atoms with Crippen molar-refractivity contribution in [1.82, 2.24) is 0 Å². The number of benzene rings is 2. The number of halogens is 2. The van der Waals surface area contributed by atoms with E-state index in [-0.39, 0.29) is 5.43 Å². The number of hydrogen-bond donors (Lipinski definition) is 1. The van der Waals surface area contributed by atoms with Gasteiger partial charge in [0.1, 0.15) is 11.2 Å². The maximum atomic E-state index is 12.3. The average Bonchev–Trinajstić information content (AvgIpc) is 2.27. The monoisotopic (exact) mass is 279 g/mol. The number of nitrogen functional groups attached to an aromatic ring is 1. The fourth-order valence-electron chi connectivity index (χ4n) is 1.95. The van der Waals surface area contributed by atoms with Crippen LogP contribution in [0.1, 0.15) is 0 Å². The average molecular weight is 280 g/mol. The molecule has 2 aromatic carbocycles. The Morgan fingerprint density at radius 1 is 1.00 bits per heavy atom. The summed E-state index contributed by atoms with van der Waals surface area (Å²) in [4.78, 5) is 12.3. The maximum Gasteiger partial charge on any atom is 0.202 e. The standard InChI is InChI=1S/C13H7Cl2NO2/c14-6-1-2-8-10(4-6)18-11-5-7(15)3-9(16)12(11)13(8)17/h1-5H,16H2. The third-order valence-electron chi connectivity index (χ3n) is 2.73. The lowest BCUT2D eigenvalue weighted by Gasteiger charge is -2.04. The molecule has 3 aromatic rings. The van der Waals surface area contributed by atoms with Crippen LogP contribution in [0.15, 0.2) is 39.5 Å². The fraction of sp³-hybridized carbons (Fsp3) is 0. The van der Waals surface area contributed by atoms with Gasteiger partial charge in [0.05, 0.1) is 10.8 Å². The molecular formula is C13H7Cl2NO2. The lowest BCUT2D eigenvalue weighted by atomic mass is 10.1. The molecule has 0 saturated heterocycles. The van der Waals surface area contributed by atoms with Gasteiger partial charge in [-0.05, 0) is 18.2 Å². The van der Waals surface area contributed by atoms with Gasteiger partial charge in [0, 0.05) is 27.9 Å². The molecule has 0 aliphatic heterocycles. The molecule has 0 saturated carbocycles. The molecule has 2 N–H and O–H groups in total. The zero-order chi connectivity index (χ0) is 12.9. The Balaban J connectivity index is 2.61. The van der Waals surface area contributed by atoms with Crippen molar-refractivity contribution in [3.63, 3.8) is 0 Å². The van der Waals surface area contributed by atoms with Crippen molar-refractivity contribution in [3.05, 3.63) is 50.6 Å². The fourth-order valence-corrected chi connectivity index (χ4v) is 2.33. The van der Waals surface area contributed by atoms with E-state index in [1.165, 1.54) is 6.07 Å². The molecule has 0 amide bonds. The Bertz CT molecular complexity index is 840. The van der Waals surface area contributed by atoms with Crippen molar-refractivity contribution in [2.45, 2.75) is 0 Å². The summed E-state index contributed by atoms with van der Waals surface area (Å²) in [6.45, 7) is 0. The first kappa shape index (κ1) is 11.4. The summed E-state index contributed by atoms with van der Waals surface area (Å²) in [6.07, 6.45) is 0. The van der Waals surface area contributed by atoms with E-state index in [0.29, 0.717) is 37.7 Å². The van der Waals surface area contributed by atoms with E-state index >= 15 is 0 Å². The summed E-state index contributed by atoms with van der Waals surface area (Å²) in [5.41, 5.74) is 6.71. The summed E-state index contributed by atoms with van der Waals surface area (Å²) in [7, 11) is 0. The van der Waals surface area contributed by atoms with Crippen molar-refractivity contribution < 1.29 is 4.42 Å². The van der Waals surface area contributed by atoms with Crippen LogP contribution in [0.3, 0.4) is 0 Å². The molecule has 0 atom stereocenters. The highest BCUT2D eigenvalue weighted by Gasteiger charge is 2.11. The number of rotatable bonds is 0. The Kier molecular flexibility index (Phi) is 2.47. The molecule has 0 fully saturated rings. The number of nitrogens with two attached hydrogens (primary N) is 1. The smallest absolute Gasteiger partial charge is 0.202 e. The van der Waals surface area contributed by atoms with Crippen LogP contribution in [0.5, 0.6) is 0 Å². The van der Waals surface area contributed by atoms with Gasteiger partial charge in [-0.2, -0.15) is 0 Å². The molecule has 0 unspecified atom stereocenters. The zero-order valence-electron chi connectivity index (χ0n) is 9.04. The molecule has 1 aromatic heterocycles. The zero-order valence-corrected chi connectivity index (χ0v) is 10.5. The van der Waals surface area contributed by atoms with E-state index in [0.717, 1.165) is 0 Å². The van der Waals surface area contributed by atoms with E-state index < -0.39 is 0 Å². The van der Waals surface area contributed by atoms with Gasteiger partial charge in [-0.25, -0.2) is 0 Å². The van der Waals surface area contributed by atoms with Crippen LogP contribution in [-0.2, 0) is 0 Å². The van der Waals surface area contributed by atoms with Crippen molar-refractivity contribution in [1.29, 1.82) is 0 Å². The van der Waals surface area contributed by atoms with E-state index in [4.69, 9.17) is 33.4 Å². The Hall–Kier alpha value is -1.71. The molecule has 90 valence electrons. The Labute approximate surface area is 112 Å². The van der Waals surface area contributed by atoms with Crippen LogP contribution in [0, 0.1) is 0 Å². The third kappa shape index (κ3) is 1.64. The van der Waals surface area contributed by atoms with Crippen LogP contribution >= 0.6 is 23.2 Å². The van der Waals surface area contributed by atoms with Gasteiger partial charge in [-0.3, -0.25) is 4.79 Å². The molecule has 3 rings (SSSR count). The molecule has 0 spiro atoms. The normalized spacial score (nSPS) is 11.2. The predicted molar refractivity (Wildman–Crippen MR) is 74.4 cm³/mol. The van der Waals surface area contributed by atoms with E-state index in [9.17, 15) is 4.79 Å². The molecule has 0 aliphatic carbocycles. The van der Waals surface area contributed by atoms with E-state index in [2.05, 4.69) is 0 Å². The van der Waals surface area contributed by atoms with Crippen molar-refractivity contribution in [2.24, 2.45) is 0 Å². The van der Waals surface area contributed by atoms with Gasteiger partial charge in [-0.1, -0.05) is 23.2 Å². The van der Waals surface area contributed by atoms with Gasteiger partial charge in [0.2, 0.25) is 5.43 Å². The summed E-state index contributed by atoms with van der Waals surface area (Å²) in [5, 5.41) is 1.71. The second-order valence-corrected chi connectivity index (χ2v) is 4.81. The van der Waals surface area contributed by atoms with Gasteiger partial charge in [-0.15, -0.1) is 0 Å². The summed E-state index contributed by atoms with van der Waals surface area (Å²) >= 11 is 11.8. The Morgan fingerprint density at radius 3 is 2.50 bits per heavy atom. The number of hydrogen-bond acceptors (Lipinski definition) is 3. The lowest BCUT2D eigenvalue weighted by Crippen LogP contribution is -2.05. The minimum absolute atomic E-state index is 0.183. The van der Waals surface area contributed by atoms with Gasteiger partial charge >= 0.3 is 0 Å². The van der Waals surface area contributed by atoms with Crippen LogP contribution in [0.2, 0.25) is 10.0 Å². The third-order valence-corrected chi connectivity index (χ3v) is 3.19. The minimum atomic E-state index is -0.183. The topological polar surface area (TPSA) is 56.2 Å². The molecular weight excluding hydrogens is 273 g/mol. The van der Waals surface area contributed by atoms with Gasteiger partial charge < -0.3 is 10.2 Å². The van der Waals surface area contributed by atoms with Gasteiger partial charge in [0.15, 0.2) is 0 Å². The highest BCUT2D eigenvalue weighted by molar-refractivity contribution is 6.32. The molecule has 0 bridgehead atoms. The van der Waals surface area contributed by atoms with E-state index in [1.54, 1.807) is 24.3 Å².